The van der Waals surface area contributed by atoms with Crippen molar-refractivity contribution in [2.75, 3.05) is 19.7 Å². The van der Waals surface area contributed by atoms with Crippen LogP contribution in [-0.2, 0) is 19.1 Å². The summed E-state index contributed by atoms with van der Waals surface area (Å²) in [5.74, 6) is -1.46. The van der Waals surface area contributed by atoms with Gasteiger partial charge in [0.15, 0.2) is 5.60 Å². The molecule has 0 radical (unpaired) electrons. The predicted octanol–water partition coefficient (Wildman–Crippen LogP) is 1.19. The molecule has 0 amide bonds. The average molecular weight is 335 g/mol. The average Bonchev–Trinajstić information content (AvgIpc) is 3.12. The number of hydrogen-bond acceptors (Lipinski definition) is 6. The van der Waals surface area contributed by atoms with Crippen molar-refractivity contribution in [3.05, 3.63) is 23.3 Å². The van der Waals surface area contributed by atoms with Crippen LogP contribution >= 0.6 is 0 Å². The number of rotatable bonds is 0. The molecule has 0 spiro atoms. The molecule has 3 unspecified atom stereocenters. The Morgan fingerprint density at radius 3 is 2.88 bits per heavy atom. The second-order valence-electron chi connectivity index (χ2n) is 7.09. The van der Waals surface area contributed by atoms with E-state index in [1.54, 1.807) is 19.9 Å². The number of aliphatic hydroxyl groups is 1. The molecule has 0 saturated carbocycles. The first-order valence-electron chi connectivity index (χ1n) is 8.53. The molecule has 132 valence electrons. The molecular formula is C18H25NO5. The zero-order valence-corrected chi connectivity index (χ0v) is 14.4. The molecule has 0 aromatic heterocycles. The van der Waals surface area contributed by atoms with Crippen LogP contribution in [0.4, 0.5) is 0 Å². The van der Waals surface area contributed by atoms with Gasteiger partial charge in [0.05, 0.1) is 6.04 Å². The van der Waals surface area contributed by atoms with Gasteiger partial charge in [0, 0.05) is 18.7 Å². The smallest absolute Gasteiger partial charge is 0.338 e. The largest absolute Gasteiger partial charge is 0.459 e. The van der Waals surface area contributed by atoms with E-state index in [1.807, 2.05) is 6.08 Å². The van der Waals surface area contributed by atoms with E-state index in [0.29, 0.717) is 5.57 Å². The normalized spacial score (nSPS) is 39.6. The third-order valence-electron chi connectivity index (χ3n) is 5.55. The van der Waals surface area contributed by atoms with Gasteiger partial charge in [-0.3, -0.25) is 4.90 Å². The van der Waals surface area contributed by atoms with Crippen LogP contribution in [0.25, 0.3) is 0 Å². The number of esters is 2. The van der Waals surface area contributed by atoms with Gasteiger partial charge in [-0.2, -0.15) is 0 Å². The van der Waals surface area contributed by atoms with Crippen LogP contribution in [0, 0.1) is 5.92 Å². The van der Waals surface area contributed by atoms with Crippen molar-refractivity contribution in [3.8, 4) is 0 Å². The van der Waals surface area contributed by atoms with Crippen LogP contribution in [0.3, 0.4) is 0 Å². The third-order valence-corrected chi connectivity index (χ3v) is 5.55. The summed E-state index contributed by atoms with van der Waals surface area (Å²) < 4.78 is 11.2. The van der Waals surface area contributed by atoms with Gasteiger partial charge in [0.2, 0.25) is 0 Å². The van der Waals surface area contributed by atoms with E-state index in [4.69, 9.17) is 9.47 Å². The van der Waals surface area contributed by atoms with Gasteiger partial charge in [-0.1, -0.05) is 19.1 Å². The predicted molar refractivity (Wildman–Crippen MR) is 87.1 cm³/mol. The van der Waals surface area contributed by atoms with Gasteiger partial charge in [-0.15, -0.1) is 0 Å². The van der Waals surface area contributed by atoms with Gasteiger partial charge in [-0.05, 0) is 38.2 Å². The summed E-state index contributed by atoms with van der Waals surface area (Å²) in [7, 11) is 0. The van der Waals surface area contributed by atoms with Crippen molar-refractivity contribution in [3.63, 3.8) is 0 Å². The van der Waals surface area contributed by atoms with Crippen molar-refractivity contribution in [2.45, 2.75) is 51.4 Å². The van der Waals surface area contributed by atoms with Crippen LogP contribution in [0.5, 0.6) is 0 Å². The van der Waals surface area contributed by atoms with Crippen molar-refractivity contribution < 1.29 is 24.2 Å². The molecule has 0 bridgehead atoms. The lowest BCUT2D eigenvalue weighted by molar-refractivity contribution is -0.169. The fraction of sp³-hybridized carbons (Fsp3) is 0.667. The number of cyclic esters (lactones) is 1. The van der Waals surface area contributed by atoms with Crippen LogP contribution in [0.1, 0.15) is 33.6 Å². The first kappa shape index (κ1) is 17.2. The molecule has 3 heterocycles. The lowest BCUT2D eigenvalue weighted by Crippen LogP contribution is -2.45. The quantitative estimate of drug-likeness (QED) is 0.407. The van der Waals surface area contributed by atoms with Gasteiger partial charge in [-0.25, -0.2) is 9.59 Å². The zero-order valence-electron chi connectivity index (χ0n) is 14.4. The minimum absolute atomic E-state index is 0.0262. The summed E-state index contributed by atoms with van der Waals surface area (Å²) in [6, 6.07) is -0.0262. The maximum absolute atomic E-state index is 12.5. The fourth-order valence-corrected chi connectivity index (χ4v) is 3.68. The van der Waals surface area contributed by atoms with E-state index in [9.17, 15) is 14.7 Å². The van der Waals surface area contributed by atoms with Gasteiger partial charge in [0.1, 0.15) is 12.7 Å². The molecule has 0 aromatic carbocycles. The second kappa shape index (κ2) is 6.33. The number of ether oxygens (including phenoxy) is 2. The van der Waals surface area contributed by atoms with Crippen molar-refractivity contribution in [1.82, 2.24) is 4.90 Å². The Hall–Kier alpha value is -1.66. The highest BCUT2D eigenvalue weighted by molar-refractivity contribution is 5.89. The van der Waals surface area contributed by atoms with Crippen LogP contribution in [-0.4, -0.2) is 59.4 Å². The fourth-order valence-electron chi connectivity index (χ4n) is 3.68. The molecular weight excluding hydrogens is 310 g/mol. The summed E-state index contributed by atoms with van der Waals surface area (Å²) in [6.07, 6.45) is 4.56. The maximum Gasteiger partial charge on any atom is 0.338 e. The Morgan fingerprint density at radius 2 is 2.17 bits per heavy atom. The Kier molecular flexibility index (Phi) is 4.53. The number of allylic oxidation sites excluding steroid dienone is 1. The van der Waals surface area contributed by atoms with E-state index >= 15 is 0 Å². The Bertz CT molecular complexity index is 607. The maximum atomic E-state index is 12.5. The first-order chi connectivity index (χ1) is 11.3. The van der Waals surface area contributed by atoms with Gasteiger partial charge >= 0.3 is 11.9 Å². The lowest BCUT2D eigenvalue weighted by atomic mass is 9.85. The SMILES string of the molecule is CC=C1CC(C)[C@@](C)(O)C(=O)OCC2=CCN3CCC(OC1=O)C23. The standard InChI is InChI=1S/C18H25NO5/c1-4-12-9-11(2)18(3,22)17(21)23-10-13-5-7-19-8-6-14(15(13)19)24-16(12)20/h4-5,11,14-15,22H,6-10H2,1-3H3/t11?,14?,15?,18-/m1/s1. The molecule has 3 aliphatic rings. The lowest BCUT2D eigenvalue weighted by Gasteiger charge is -2.31. The highest BCUT2D eigenvalue weighted by Gasteiger charge is 2.45. The summed E-state index contributed by atoms with van der Waals surface area (Å²) in [6.45, 7) is 6.71. The molecule has 4 atom stereocenters. The third kappa shape index (κ3) is 2.89. The summed E-state index contributed by atoms with van der Waals surface area (Å²) in [5, 5.41) is 10.6. The van der Waals surface area contributed by atoms with E-state index in [2.05, 4.69) is 4.90 Å². The number of carbonyl (C=O) groups excluding carboxylic acids is 2. The molecule has 3 aliphatic heterocycles. The minimum Gasteiger partial charge on any atom is -0.459 e. The minimum atomic E-state index is -1.65. The van der Waals surface area contributed by atoms with E-state index < -0.39 is 17.5 Å². The highest BCUT2D eigenvalue weighted by atomic mass is 16.6. The number of nitrogens with zero attached hydrogens (tertiary/aromatic N) is 1. The highest BCUT2D eigenvalue weighted by Crippen LogP contribution is 2.34. The molecule has 24 heavy (non-hydrogen) atoms. The topological polar surface area (TPSA) is 76.1 Å². The van der Waals surface area contributed by atoms with Crippen molar-refractivity contribution in [2.24, 2.45) is 5.92 Å². The van der Waals surface area contributed by atoms with E-state index in [-0.39, 0.29) is 31.1 Å². The zero-order chi connectivity index (χ0) is 17.5. The Morgan fingerprint density at radius 1 is 1.42 bits per heavy atom. The summed E-state index contributed by atoms with van der Waals surface area (Å²) >= 11 is 0. The second-order valence-corrected chi connectivity index (χ2v) is 7.09. The number of hydrogen-bond donors (Lipinski definition) is 1. The van der Waals surface area contributed by atoms with E-state index in [0.717, 1.165) is 25.1 Å². The van der Waals surface area contributed by atoms with E-state index in [1.165, 1.54) is 6.92 Å². The van der Waals surface area contributed by atoms with Crippen LogP contribution in [0.2, 0.25) is 0 Å². The number of carbonyl (C=O) groups is 2. The van der Waals surface area contributed by atoms with Crippen molar-refractivity contribution in [1.29, 1.82) is 0 Å². The van der Waals surface area contributed by atoms with Crippen molar-refractivity contribution >= 4 is 11.9 Å². The molecule has 6 heteroatoms. The monoisotopic (exact) mass is 335 g/mol. The van der Waals surface area contributed by atoms with Gasteiger partial charge < -0.3 is 14.6 Å². The van der Waals surface area contributed by atoms with Gasteiger partial charge in [0.25, 0.3) is 0 Å². The van der Waals surface area contributed by atoms with Crippen LogP contribution in [0.15, 0.2) is 23.3 Å². The Labute approximate surface area is 142 Å². The Balaban J connectivity index is 1.91. The molecule has 2 saturated heterocycles. The molecule has 6 nitrogen and oxygen atoms in total. The molecule has 1 N–H and O–H groups in total. The molecule has 0 aliphatic carbocycles. The first-order valence-corrected chi connectivity index (χ1v) is 8.53. The summed E-state index contributed by atoms with van der Waals surface area (Å²) in [4.78, 5) is 27.1. The summed E-state index contributed by atoms with van der Waals surface area (Å²) in [5.41, 5.74) is -0.218. The molecule has 0 aromatic rings. The molecule has 2 fully saturated rings. The molecule has 3 rings (SSSR count). The van der Waals surface area contributed by atoms with Crippen LogP contribution < -0.4 is 0 Å².